The van der Waals surface area contributed by atoms with Crippen LogP contribution >= 0.6 is 0 Å². The number of anilines is 2. The van der Waals surface area contributed by atoms with Crippen molar-refractivity contribution in [3.05, 3.63) is 53.9 Å². The standard InChI is InChI=1S/C20H20N2O6/c1-4-21-15-9-8-13(11-16(15)28-12-17(21)23)22-10-6-5-7-14(19(24)26-2)18(22)20(25)27-3/h5-11H,4,12H2,1-3H3. The van der Waals surface area contributed by atoms with Crippen LogP contribution in [0.3, 0.4) is 0 Å². The molecule has 0 saturated heterocycles. The Bertz CT molecular complexity index is 915. The lowest BCUT2D eigenvalue weighted by molar-refractivity contribution is -0.139. The first-order valence-electron chi connectivity index (χ1n) is 8.64. The fourth-order valence-electron chi connectivity index (χ4n) is 3.06. The third-order valence-corrected chi connectivity index (χ3v) is 4.37. The van der Waals surface area contributed by atoms with E-state index in [9.17, 15) is 14.4 Å². The molecule has 1 aromatic carbocycles. The minimum Gasteiger partial charge on any atom is -0.481 e. The van der Waals surface area contributed by atoms with E-state index < -0.39 is 11.9 Å². The molecule has 0 atom stereocenters. The van der Waals surface area contributed by atoms with E-state index in [2.05, 4.69) is 0 Å². The van der Waals surface area contributed by atoms with Crippen LogP contribution < -0.4 is 14.5 Å². The molecule has 0 spiro atoms. The van der Waals surface area contributed by atoms with Gasteiger partial charge in [-0.15, -0.1) is 0 Å². The Labute approximate surface area is 162 Å². The summed E-state index contributed by atoms with van der Waals surface area (Å²) in [4.78, 5) is 39.8. The number of rotatable bonds is 4. The molecule has 2 aliphatic heterocycles. The fraction of sp³-hybridized carbons (Fsp3) is 0.250. The molecule has 1 amide bonds. The minimum atomic E-state index is -0.694. The average molecular weight is 384 g/mol. The van der Waals surface area contributed by atoms with Gasteiger partial charge in [0.1, 0.15) is 11.4 Å². The van der Waals surface area contributed by atoms with Gasteiger partial charge in [0.05, 0.1) is 25.5 Å². The topological polar surface area (TPSA) is 85.4 Å². The molecule has 0 radical (unpaired) electrons. The summed E-state index contributed by atoms with van der Waals surface area (Å²) in [5, 5.41) is 0. The molecule has 2 aliphatic rings. The molecule has 28 heavy (non-hydrogen) atoms. The summed E-state index contributed by atoms with van der Waals surface area (Å²) >= 11 is 0. The number of carbonyl (C=O) groups excluding carboxylic acids is 3. The predicted octanol–water partition coefficient (Wildman–Crippen LogP) is 1.92. The number of fused-ring (bicyclic) bond motifs is 1. The lowest BCUT2D eigenvalue weighted by Gasteiger charge is -2.30. The summed E-state index contributed by atoms with van der Waals surface area (Å²) < 4.78 is 15.3. The zero-order valence-corrected chi connectivity index (χ0v) is 15.8. The Morgan fingerprint density at radius 2 is 1.89 bits per heavy atom. The number of benzene rings is 1. The average Bonchev–Trinajstić information content (AvgIpc) is 2.95. The second-order valence-corrected chi connectivity index (χ2v) is 5.89. The molecule has 0 fully saturated rings. The highest BCUT2D eigenvalue weighted by molar-refractivity contribution is 6.05. The van der Waals surface area contributed by atoms with E-state index in [1.165, 1.54) is 25.2 Å². The highest BCUT2D eigenvalue weighted by Gasteiger charge is 2.29. The second-order valence-electron chi connectivity index (χ2n) is 5.89. The van der Waals surface area contributed by atoms with E-state index in [-0.39, 0.29) is 23.8 Å². The lowest BCUT2D eigenvalue weighted by Crippen LogP contribution is -2.38. The van der Waals surface area contributed by atoms with Crippen LogP contribution in [0.15, 0.2) is 53.9 Å². The first-order valence-corrected chi connectivity index (χ1v) is 8.64. The number of likely N-dealkylation sites (N-methyl/N-ethyl adjacent to an activating group) is 1. The summed E-state index contributed by atoms with van der Waals surface area (Å²) in [6.45, 7) is 2.33. The smallest absolute Gasteiger partial charge is 0.355 e. The van der Waals surface area contributed by atoms with Crippen molar-refractivity contribution in [2.24, 2.45) is 0 Å². The van der Waals surface area contributed by atoms with Gasteiger partial charge >= 0.3 is 11.9 Å². The molecule has 0 saturated carbocycles. The molecule has 3 rings (SSSR count). The Balaban J connectivity index is 2.12. The number of esters is 2. The number of amides is 1. The van der Waals surface area contributed by atoms with Crippen LogP contribution in [0.2, 0.25) is 0 Å². The Hall–Kier alpha value is -3.55. The summed E-state index contributed by atoms with van der Waals surface area (Å²) in [5.74, 6) is -0.971. The Kier molecular flexibility index (Phi) is 5.49. The number of nitrogens with zero attached hydrogens (tertiary/aromatic N) is 2. The second kappa shape index (κ2) is 7.99. The van der Waals surface area contributed by atoms with E-state index in [1.54, 1.807) is 41.5 Å². The third kappa shape index (κ3) is 3.36. The van der Waals surface area contributed by atoms with E-state index in [4.69, 9.17) is 14.2 Å². The van der Waals surface area contributed by atoms with Crippen molar-refractivity contribution >= 4 is 29.2 Å². The molecule has 0 unspecified atom stereocenters. The number of hydrogen-bond donors (Lipinski definition) is 0. The maximum atomic E-state index is 12.5. The van der Waals surface area contributed by atoms with Crippen LogP contribution in [0.5, 0.6) is 5.75 Å². The first kappa shape index (κ1) is 19.2. The molecule has 0 aliphatic carbocycles. The molecule has 146 valence electrons. The monoisotopic (exact) mass is 384 g/mol. The van der Waals surface area contributed by atoms with Crippen LogP contribution in [0.25, 0.3) is 0 Å². The molecular weight excluding hydrogens is 364 g/mol. The van der Waals surface area contributed by atoms with Crippen molar-refractivity contribution in [2.75, 3.05) is 37.2 Å². The SMILES string of the molecule is CCN1C(=O)COc2cc(N3C=CC=CC(C(=O)OC)=C3C(=O)OC)ccc21. The summed E-state index contributed by atoms with van der Waals surface area (Å²) in [5.41, 5.74) is 1.28. The zero-order valence-electron chi connectivity index (χ0n) is 15.8. The van der Waals surface area contributed by atoms with Crippen molar-refractivity contribution in [3.8, 4) is 5.75 Å². The Morgan fingerprint density at radius 3 is 2.57 bits per heavy atom. The maximum absolute atomic E-state index is 12.5. The van der Waals surface area contributed by atoms with Crippen LogP contribution in [-0.4, -0.2) is 45.2 Å². The van der Waals surface area contributed by atoms with Gasteiger partial charge in [0.25, 0.3) is 5.91 Å². The highest BCUT2D eigenvalue weighted by atomic mass is 16.5. The normalized spacial score (nSPS) is 15.8. The number of ether oxygens (including phenoxy) is 3. The lowest BCUT2D eigenvalue weighted by atomic mass is 10.1. The molecule has 8 nitrogen and oxygen atoms in total. The fourth-order valence-corrected chi connectivity index (χ4v) is 3.06. The van der Waals surface area contributed by atoms with Crippen LogP contribution in [0.4, 0.5) is 11.4 Å². The largest absolute Gasteiger partial charge is 0.481 e. The van der Waals surface area contributed by atoms with Gasteiger partial charge in [0, 0.05) is 24.5 Å². The van der Waals surface area contributed by atoms with E-state index >= 15 is 0 Å². The zero-order chi connectivity index (χ0) is 20.3. The highest BCUT2D eigenvalue weighted by Crippen LogP contribution is 2.37. The molecule has 1 aromatic rings. The molecule has 0 N–H and O–H groups in total. The molecule has 0 aromatic heterocycles. The number of hydrogen-bond acceptors (Lipinski definition) is 7. The van der Waals surface area contributed by atoms with Crippen molar-refractivity contribution < 1.29 is 28.6 Å². The van der Waals surface area contributed by atoms with Gasteiger partial charge in [-0.1, -0.05) is 6.08 Å². The minimum absolute atomic E-state index is 0.0125. The van der Waals surface area contributed by atoms with Gasteiger partial charge in [-0.05, 0) is 31.2 Å². The van der Waals surface area contributed by atoms with E-state index in [0.29, 0.717) is 23.7 Å². The van der Waals surface area contributed by atoms with Crippen molar-refractivity contribution in [3.63, 3.8) is 0 Å². The van der Waals surface area contributed by atoms with Crippen LogP contribution in [0.1, 0.15) is 6.92 Å². The third-order valence-electron chi connectivity index (χ3n) is 4.37. The van der Waals surface area contributed by atoms with Gasteiger partial charge in [0.15, 0.2) is 6.61 Å². The van der Waals surface area contributed by atoms with Gasteiger partial charge in [0.2, 0.25) is 0 Å². The van der Waals surface area contributed by atoms with Gasteiger partial charge in [-0.25, -0.2) is 9.59 Å². The quantitative estimate of drug-likeness (QED) is 0.733. The van der Waals surface area contributed by atoms with Gasteiger partial charge in [-0.3, -0.25) is 4.79 Å². The number of allylic oxidation sites excluding steroid dienone is 2. The van der Waals surface area contributed by atoms with Crippen molar-refractivity contribution in [2.45, 2.75) is 6.92 Å². The van der Waals surface area contributed by atoms with Gasteiger partial charge in [-0.2, -0.15) is 0 Å². The van der Waals surface area contributed by atoms with Crippen molar-refractivity contribution in [1.29, 1.82) is 0 Å². The van der Waals surface area contributed by atoms with Gasteiger partial charge < -0.3 is 24.0 Å². The summed E-state index contributed by atoms with van der Waals surface area (Å²) in [6.07, 6.45) is 6.43. The van der Waals surface area contributed by atoms with Crippen LogP contribution in [0, 0.1) is 0 Å². The summed E-state index contributed by atoms with van der Waals surface area (Å²) in [7, 11) is 2.48. The number of methoxy groups -OCH3 is 2. The molecule has 2 heterocycles. The van der Waals surface area contributed by atoms with Crippen LogP contribution in [-0.2, 0) is 23.9 Å². The van der Waals surface area contributed by atoms with E-state index in [1.807, 2.05) is 6.92 Å². The molecule has 0 bridgehead atoms. The first-order chi connectivity index (χ1) is 13.5. The number of carbonyl (C=O) groups is 3. The van der Waals surface area contributed by atoms with Crippen molar-refractivity contribution in [1.82, 2.24) is 0 Å². The Morgan fingerprint density at radius 1 is 1.14 bits per heavy atom. The maximum Gasteiger partial charge on any atom is 0.355 e. The van der Waals surface area contributed by atoms with E-state index in [0.717, 1.165) is 0 Å². The molecular formula is C20H20N2O6. The summed E-state index contributed by atoms with van der Waals surface area (Å²) in [6, 6.07) is 5.18. The molecule has 8 heteroatoms. The predicted molar refractivity (Wildman–Crippen MR) is 102 cm³/mol.